The maximum atomic E-state index is 12.1. The molecular weight excluding hydrogens is 316 g/mol. The molecule has 2 N–H and O–H groups in total. The number of thioether (sulfide) groups is 1. The van der Waals surface area contributed by atoms with Crippen LogP contribution in [0.25, 0.3) is 0 Å². The smallest absolute Gasteiger partial charge is 0.279 e. The number of carbonyl (C=O) groups is 2. The van der Waals surface area contributed by atoms with E-state index in [1.165, 1.54) is 0 Å². The average molecular weight is 336 g/mol. The fourth-order valence-corrected chi connectivity index (χ4v) is 3.52. The normalized spacial score (nSPS) is 22.3. The molecule has 2 atom stereocenters. The monoisotopic (exact) mass is 336 g/mol. The van der Waals surface area contributed by atoms with Crippen LogP contribution in [0.5, 0.6) is 11.5 Å². The number of nitrogens with one attached hydrogen (secondary N) is 2. The molecule has 2 heterocycles. The maximum Gasteiger partial charge on any atom is 0.279 e. The minimum atomic E-state index is -0.464. The summed E-state index contributed by atoms with van der Waals surface area (Å²) in [6.45, 7) is 4.87. The lowest BCUT2D eigenvalue weighted by atomic mass is 10.1. The van der Waals surface area contributed by atoms with Crippen LogP contribution in [0.1, 0.15) is 25.0 Å². The molecule has 0 bridgehead atoms. The van der Waals surface area contributed by atoms with Gasteiger partial charge in [-0.2, -0.15) is 0 Å². The van der Waals surface area contributed by atoms with Gasteiger partial charge in [0.2, 0.25) is 5.91 Å². The van der Waals surface area contributed by atoms with Crippen molar-refractivity contribution >= 4 is 22.9 Å². The second kappa shape index (κ2) is 6.70. The Morgan fingerprint density at radius 3 is 3.04 bits per heavy atom. The van der Waals surface area contributed by atoms with Crippen LogP contribution in [0.3, 0.4) is 0 Å². The van der Waals surface area contributed by atoms with Gasteiger partial charge in [-0.3, -0.25) is 9.59 Å². The van der Waals surface area contributed by atoms with E-state index in [1.54, 1.807) is 0 Å². The van der Waals surface area contributed by atoms with Crippen LogP contribution in [0.2, 0.25) is 0 Å². The Kier molecular flexibility index (Phi) is 4.66. The summed E-state index contributed by atoms with van der Waals surface area (Å²) in [7, 11) is 0. The second-order valence-corrected chi connectivity index (χ2v) is 6.64. The highest BCUT2D eigenvalue weighted by atomic mass is 32.2. The molecule has 0 saturated carbocycles. The fraction of sp³-hybridized carbons (Fsp3) is 0.500. The van der Waals surface area contributed by atoms with Gasteiger partial charge in [0.15, 0.2) is 0 Å². The fourth-order valence-electron chi connectivity index (χ4n) is 2.74. The Bertz CT molecular complexity index is 635. The van der Waals surface area contributed by atoms with Gasteiger partial charge in [-0.15, -0.1) is 0 Å². The van der Waals surface area contributed by atoms with Gasteiger partial charge in [0.25, 0.3) is 5.24 Å². The SMILES string of the molecule is CCOc1cc2c(cc1CNC(=O)[C@H]1CSC(=O)N1)O[C@H](C)C2. The zero-order valence-corrected chi connectivity index (χ0v) is 14.0. The van der Waals surface area contributed by atoms with E-state index in [4.69, 9.17) is 9.47 Å². The van der Waals surface area contributed by atoms with Gasteiger partial charge in [0.05, 0.1) is 6.61 Å². The average Bonchev–Trinajstić information content (AvgIpc) is 3.09. The molecule has 0 unspecified atom stereocenters. The van der Waals surface area contributed by atoms with Gasteiger partial charge in [0.1, 0.15) is 23.6 Å². The standard InChI is InChI=1S/C16H20N2O4S/c1-3-21-13-5-10-4-9(2)22-14(10)6-11(13)7-17-15(19)12-8-23-16(20)18-12/h5-6,9,12H,3-4,7-8H2,1-2H3,(H,17,19)(H,18,20)/t9-,12-/m1/s1. The molecule has 2 aliphatic rings. The Labute approximate surface area is 139 Å². The molecule has 1 fully saturated rings. The van der Waals surface area contributed by atoms with Gasteiger partial charge < -0.3 is 20.1 Å². The summed E-state index contributed by atoms with van der Waals surface area (Å²) < 4.78 is 11.5. The summed E-state index contributed by atoms with van der Waals surface area (Å²) >= 11 is 1.13. The molecule has 3 rings (SSSR count). The third-order valence-corrected chi connectivity index (χ3v) is 4.70. The largest absolute Gasteiger partial charge is 0.494 e. The van der Waals surface area contributed by atoms with Gasteiger partial charge >= 0.3 is 0 Å². The summed E-state index contributed by atoms with van der Waals surface area (Å²) in [4.78, 5) is 23.3. The van der Waals surface area contributed by atoms with Crippen molar-refractivity contribution in [2.45, 2.75) is 39.0 Å². The van der Waals surface area contributed by atoms with E-state index in [0.29, 0.717) is 18.9 Å². The van der Waals surface area contributed by atoms with Crippen molar-refractivity contribution in [2.24, 2.45) is 0 Å². The van der Waals surface area contributed by atoms with Crippen molar-refractivity contribution in [3.05, 3.63) is 23.3 Å². The van der Waals surface area contributed by atoms with E-state index in [2.05, 4.69) is 10.6 Å². The highest BCUT2D eigenvalue weighted by Gasteiger charge is 2.28. The van der Waals surface area contributed by atoms with E-state index in [1.807, 2.05) is 26.0 Å². The molecule has 1 saturated heterocycles. The Balaban J connectivity index is 1.70. The summed E-state index contributed by atoms with van der Waals surface area (Å²) in [5.74, 6) is 1.91. The molecular formula is C16H20N2O4S. The lowest BCUT2D eigenvalue weighted by Gasteiger charge is -2.15. The van der Waals surface area contributed by atoms with Crippen LogP contribution in [-0.2, 0) is 17.8 Å². The first-order valence-electron chi connectivity index (χ1n) is 7.73. The van der Waals surface area contributed by atoms with Crippen LogP contribution in [0.15, 0.2) is 12.1 Å². The first-order chi connectivity index (χ1) is 11.1. The predicted molar refractivity (Wildman–Crippen MR) is 88.0 cm³/mol. The van der Waals surface area contributed by atoms with Crippen LogP contribution in [0, 0.1) is 0 Å². The van der Waals surface area contributed by atoms with E-state index in [-0.39, 0.29) is 17.3 Å². The number of benzene rings is 1. The number of amides is 2. The van der Waals surface area contributed by atoms with Crippen LogP contribution >= 0.6 is 11.8 Å². The topological polar surface area (TPSA) is 76.7 Å². The molecule has 7 heteroatoms. The summed E-state index contributed by atoms with van der Waals surface area (Å²) in [6.07, 6.45) is 1.03. The number of fused-ring (bicyclic) bond motifs is 1. The Morgan fingerprint density at radius 1 is 1.52 bits per heavy atom. The molecule has 124 valence electrons. The summed E-state index contributed by atoms with van der Waals surface area (Å²) in [5.41, 5.74) is 2.01. The Hall–Kier alpha value is -1.89. The molecule has 0 spiro atoms. The molecule has 2 aliphatic heterocycles. The van der Waals surface area contributed by atoms with E-state index in [9.17, 15) is 9.59 Å². The maximum absolute atomic E-state index is 12.1. The molecule has 0 aliphatic carbocycles. The van der Waals surface area contributed by atoms with Crippen LogP contribution < -0.4 is 20.1 Å². The molecule has 6 nitrogen and oxygen atoms in total. The summed E-state index contributed by atoms with van der Waals surface area (Å²) in [5, 5.41) is 5.34. The van der Waals surface area contributed by atoms with Gasteiger partial charge in [0, 0.05) is 29.8 Å². The first kappa shape index (κ1) is 16.0. The lowest BCUT2D eigenvalue weighted by molar-refractivity contribution is -0.122. The third kappa shape index (κ3) is 3.55. The molecule has 0 radical (unpaired) electrons. The third-order valence-electron chi connectivity index (χ3n) is 3.82. The van der Waals surface area contributed by atoms with Crippen LogP contribution in [-0.4, -0.2) is 35.7 Å². The van der Waals surface area contributed by atoms with Crippen molar-refractivity contribution in [2.75, 3.05) is 12.4 Å². The molecule has 23 heavy (non-hydrogen) atoms. The highest BCUT2D eigenvalue weighted by molar-refractivity contribution is 8.14. The number of carbonyl (C=O) groups excluding carboxylic acids is 2. The first-order valence-corrected chi connectivity index (χ1v) is 8.71. The molecule has 1 aromatic rings. The zero-order valence-electron chi connectivity index (χ0n) is 13.2. The quantitative estimate of drug-likeness (QED) is 0.858. The van der Waals surface area contributed by atoms with E-state index in [0.717, 1.165) is 40.8 Å². The number of rotatable bonds is 5. The molecule has 1 aromatic carbocycles. The highest BCUT2D eigenvalue weighted by Crippen LogP contribution is 2.35. The molecule has 2 amide bonds. The van der Waals surface area contributed by atoms with Crippen molar-refractivity contribution < 1.29 is 19.1 Å². The van der Waals surface area contributed by atoms with Crippen LogP contribution in [0.4, 0.5) is 4.79 Å². The Morgan fingerprint density at radius 2 is 2.35 bits per heavy atom. The van der Waals surface area contributed by atoms with E-state index < -0.39 is 6.04 Å². The zero-order chi connectivity index (χ0) is 16.4. The van der Waals surface area contributed by atoms with E-state index >= 15 is 0 Å². The van der Waals surface area contributed by atoms with Gasteiger partial charge in [-0.05, 0) is 26.0 Å². The van der Waals surface area contributed by atoms with Gasteiger partial charge in [-0.25, -0.2) is 0 Å². The van der Waals surface area contributed by atoms with Gasteiger partial charge in [-0.1, -0.05) is 11.8 Å². The number of hydrogen-bond donors (Lipinski definition) is 2. The summed E-state index contributed by atoms with van der Waals surface area (Å²) in [6, 6.07) is 3.47. The second-order valence-electron chi connectivity index (χ2n) is 5.65. The molecule has 0 aromatic heterocycles. The van der Waals surface area contributed by atoms with Crippen molar-refractivity contribution in [1.29, 1.82) is 0 Å². The van der Waals surface area contributed by atoms with Crippen molar-refractivity contribution in [3.63, 3.8) is 0 Å². The predicted octanol–water partition coefficient (Wildman–Crippen LogP) is 1.85. The van der Waals surface area contributed by atoms with Crippen molar-refractivity contribution in [1.82, 2.24) is 10.6 Å². The minimum absolute atomic E-state index is 0.153. The lowest BCUT2D eigenvalue weighted by Crippen LogP contribution is -2.42. The minimum Gasteiger partial charge on any atom is -0.494 e. The number of ether oxygens (including phenoxy) is 2. The number of hydrogen-bond acceptors (Lipinski definition) is 5. The van der Waals surface area contributed by atoms with Crippen molar-refractivity contribution in [3.8, 4) is 11.5 Å².